The molecule has 1 saturated heterocycles. The van der Waals surface area contributed by atoms with Crippen LogP contribution < -0.4 is 10.6 Å². The molecule has 0 bridgehead atoms. The predicted octanol–water partition coefficient (Wildman–Crippen LogP) is 0.642. The summed E-state index contributed by atoms with van der Waals surface area (Å²) in [5.41, 5.74) is 6.33. The van der Waals surface area contributed by atoms with Crippen LogP contribution in [0.15, 0.2) is 10.7 Å². The van der Waals surface area contributed by atoms with E-state index in [2.05, 4.69) is 25.2 Å². The van der Waals surface area contributed by atoms with Crippen LogP contribution >= 0.6 is 0 Å². The smallest absolute Gasteiger partial charge is 0.266 e. The molecule has 0 atom stereocenters. The molecule has 0 unspecified atom stereocenters. The third-order valence-corrected chi connectivity index (χ3v) is 2.70. The minimum Gasteiger partial charge on any atom is -0.383 e. The molecule has 1 fully saturated rings. The second-order valence-corrected chi connectivity index (χ2v) is 3.79. The Morgan fingerprint density at radius 3 is 2.88 bits per heavy atom. The molecule has 0 radical (unpaired) electrons. The van der Waals surface area contributed by atoms with Crippen LogP contribution in [-0.2, 0) is 0 Å². The van der Waals surface area contributed by atoms with E-state index in [1.54, 1.807) is 6.20 Å². The van der Waals surface area contributed by atoms with E-state index in [0.717, 1.165) is 13.1 Å². The highest BCUT2D eigenvalue weighted by Crippen LogP contribution is 2.24. The minimum absolute atomic E-state index is 0.410. The molecular weight excluding hydrogens is 208 g/mol. The van der Waals surface area contributed by atoms with Crippen molar-refractivity contribution in [2.24, 2.45) is 0 Å². The summed E-state index contributed by atoms with van der Waals surface area (Å²) in [4.78, 5) is 6.40. The van der Waals surface area contributed by atoms with E-state index in [1.807, 2.05) is 0 Å². The summed E-state index contributed by atoms with van der Waals surface area (Å²) >= 11 is 0. The molecule has 0 spiro atoms. The van der Waals surface area contributed by atoms with E-state index < -0.39 is 0 Å². The van der Waals surface area contributed by atoms with Gasteiger partial charge in [0.05, 0.1) is 6.20 Å². The number of hydrogen-bond donors (Lipinski definition) is 2. The lowest BCUT2D eigenvalue weighted by atomic mass is 10.3. The number of hydrogen-bond acceptors (Lipinski definition) is 6. The lowest BCUT2D eigenvalue weighted by Gasteiger charge is -2.09. The van der Waals surface area contributed by atoms with Crippen LogP contribution in [0.2, 0.25) is 0 Å². The van der Waals surface area contributed by atoms with Crippen LogP contribution in [0.3, 0.4) is 0 Å². The van der Waals surface area contributed by atoms with Crippen molar-refractivity contribution in [2.75, 3.05) is 23.7 Å². The molecule has 3 rings (SSSR count). The van der Waals surface area contributed by atoms with Gasteiger partial charge in [0.15, 0.2) is 0 Å². The topological polar surface area (TPSA) is 96.9 Å². The minimum atomic E-state index is 0.410. The molecule has 16 heavy (non-hydrogen) atoms. The highest BCUT2D eigenvalue weighted by molar-refractivity contribution is 5.66. The van der Waals surface area contributed by atoms with Gasteiger partial charge >= 0.3 is 0 Å². The van der Waals surface area contributed by atoms with Gasteiger partial charge in [-0.3, -0.25) is 5.10 Å². The van der Waals surface area contributed by atoms with Gasteiger partial charge in [0.25, 0.3) is 11.8 Å². The molecule has 7 nitrogen and oxygen atoms in total. The van der Waals surface area contributed by atoms with Crippen molar-refractivity contribution in [2.45, 2.75) is 12.8 Å². The van der Waals surface area contributed by atoms with Crippen molar-refractivity contribution >= 4 is 11.8 Å². The van der Waals surface area contributed by atoms with Gasteiger partial charge in [-0.2, -0.15) is 10.1 Å². The molecular formula is C9H12N6O. The molecule has 1 aliphatic heterocycles. The first-order valence-corrected chi connectivity index (χ1v) is 5.22. The van der Waals surface area contributed by atoms with Crippen LogP contribution in [0.4, 0.5) is 11.8 Å². The first-order chi connectivity index (χ1) is 7.84. The summed E-state index contributed by atoms with van der Waals surface area (Å²) in [6.45, 7) is 1.97. The van der Waals surface area contributed by atoms with Crippen LogP contribution in [0.25, 0.3) is 11.5 Å². The third kappa shape index (κ3) is 1.40. The molecule has 3 N–H and O–H groups in total. The van der Waals surface area contributed by atoms with E-state index in [0.29, 0.717) is 23.2 Å². The first-order valence-electron chi connectivity index (χ1n) is 5.22. The summed E-state index contributed by atoms with van der Waals surface area (Å²) in [6.07, 6.45) is 3.94. The fourth-order valence-electron chi connectivity index (χ4n) is 1.84. The summed E-state index contributed by atoms with van der Waals surface area (Å²) in [5, 5.41) is 10.4. The van der Waals surface area contributed by atoms with Gasteiger partial charge in [0.1, 0.15) is 11.4 Å². The van der Waals surface area contributed by atoms with Gasteiger partial charge in [-0.25, -0.2) is 0 Å². The first kappa shape index (κ1) is 9.20. The number of nitrogens with two attached hydrogens (primary N) is 1. The Hall–Kier alpha value is -2.05. The molecule has 0 aromatic carbocycles. The normalized spacial score (nSPS) is 15.9. The molecule has 0 amide bonds. The van der Waals surface area contributed by atoms with E-state index in [-0.39, 0.29) is 0 Å². The monoisotopic (exact) mass is 220 g/mol. The Labute approximate surface area is 91.6 Å². The van der Waals surface area contributed by atoms with Crippen molar-refractivity contribution in [3.8, 4) is 11.5 Å². The Morgan fingerprint density at radius 2 is 2.19 bits per heavy atom. The van der Waals surface area contributed by atoms with E-state index >= 15 is 0 Å². The fraction of sp³-hybridized carbons (Fsp3) is 0.444. The van der Waals surface area contributed by atoms with Crippen molar-refractivity contribution in [1.29, 1.82) is 0 Å². The number of nitrogen functional groups attached to an aromatic ring is 1. The van der Waals surface area contributed by atoms with Crippen molar-refractivity contribution in [3.63, 3.8) is 0 Å². The number of H-pyrrole nitrogens is 1. The molecule has 0 saturated carbocycles. The predicted molar refractivity (Wildman–Crippen MR) is 57.7 cm³/mol. The number of rotatable bonds is 2. The highest BCUT2D eigenvalue weighted by atomic mass is 16.5. The average molecular weight is 220 g/mol. The van der Waals surface area contributed by atoms with Crippen LogP contribution in [0.5, 0.6) is 0 Å². The SMILES string of the molecule is Nc1[nH]ncc1-c1nc(N2CCCC2)no1. The second kappa shape index (κ2) is 3.51. The number of aromatic nitrogens is 4. The summed E-state index contributed by atoms with van der Waals surface area (Å²) in [5.74, 6) is 1.48. The standard InChI is InChI=1S/C9H12N6O/c10-7-6(5-11-13-7)8-12-9(14-16-8)15-3-1-2-4-15/h5H,1-4H2,(H3,10,11,13). The van der Waals surface area contributed by atoms with E-state index in [9.17, 15) is 0 Å². The van der Waals surface area contributed by atoms with E-state index in [1.165, 1.54) is 12.8 Å². The second-order valence-electron chi connectivity index (χ2n) is 3.79. The lowest BCUT2D eigenvalue weighted by Crippen LogP contribution is -2.18. The van der Waals surface area contributed by atoms with Gasteiger partial charge in [0, 0.05) is 13.1 Å². The van der Waals surface area contributed by atoms with Gasteiger partial charge in [0.2, 0.25) is 0 Å². The average Bonchev–Trinajstić information content (AvgIpc) is 2.96. The highest BCUT2D eigenvalue weighted by Gasteiger charge is 2.19. The summed E-state index contributed by atoms with van der Waals surface area (Å²) < 4.78 is 5.16. The Bertz CT molecular complexity index is 484. The Balaban J connectivity index is 1.90. The molecule has 0 aliphatic carbocycles. The van der Waals surface area contributed by atoms with Crippen molar-refractivity contribution < 1.29 is 4.52 Å². The molecule has 2 aromatic heterocycles. The number of aromatic amines is 1. The van der Waals surface area contributed by atoms with Gasteiger partial charge < -0.3 is 15.2 Å². The zero-order valence-corrected chi connectivity index (χ0v) is 8.68. The molecule has 1 aliphatic rings. The summed E-state index contributed by atoms with van der Waals surface area (Å²) in [6, 6.07) is 0. The number of nitrogens with one attached hydrogen (secondary N) is 1. The fourth-order valence-corrected chi connectivity index (χ4v) is 1.84. The van der Waals surface area contributed by atoms with E-state index in [4.69, 9.17) is 10.3 Å². The van der Waals surface area contributed by atoms with Crippen LogP contribution in [0.1, 0.15) is 12.8 Å². The Kier molecular flexibility index (Phi) is 2.02. The van der Waals surface area contributed by atoms with Crippen molar-refractivity contribution in [3.05, 3.63) is 6.20 Å². The van der Waals surface area contributed by atoms with Crippen molar-refractivity contribution in [1.82, 2.24) is 20.3 Å². The van der Waals surface area contributed by atoms with Gasteiger partial charge in [-0.15, -0.1) is 0 Å². The van der Waals surface area contributed by atoms with Crippen LogP contribution in [-0.4, -0.2) is 33.4 Å². The third-order valence-electron chi connectivity index (χ3n) is 2.70. The lowest BCUT2D eigenvalue weighted by molar-refractivity contribution is 0.430. The summed E-state index contributed by atoms with van der Waals surface area (Å²) in [7, 11) is 0. The number of anilines is 2. The largest absolute Gasteiger partial charge is 0.383 e. The maximum absolute atomic E-state index is 5.68. The zero-order valence-electron chi connectivity index (χ0n) is 8.68. The maximum atomic E-state index is 5.68. The van der Waals surface area contributed by atoms with Crippen LogP contribution in [0, 0.1) is 0 Å². The van der Waals surface area contributed by atoms with Gasteiger partial charge in [-0.1, -0.05) is 0 Å². The zero-order chi connectivity index (χ0) is 11.0. The van der Waals surface area contributed by atoms with Gasteiger partial charge in [-0.05, 0) is 18.0 Å². The molecule has 84 valence electrons. The molecule has 2 aromatic rings. The maximum Gasteiger partial charge on any atom is 0.266 e. The number of nitrogens with zero attached hydrogens (tertiary/aromatic N) is 4. The molecule has 7 heteroatoms. The Morgan fingerprint density at radius 1 is 1.38 bits per heavy atom. The quantitative estimate of drug-likeness (QED) is 0.770. The molecule has 3 heterocycles.